The molecule has 4 rings (SSSR count). The van der Waals surface area contributed by atoms with Gasteiger partial charge in [0, 0.05) is 40.1 Å². The lowest BCUT2D eigenvalue weighted by molar-refractivity contribution is 0.252. The van der Waals surface area contributed by atoms with Crippen molar-refractivity contribution in [1.82, 2.24) is 10.3 Å². The summed E-state index contributed by atoms with van der Waals surface area (Å²) < 4.78 is 10.9. The highest BCUT2D eigenvalue weighted by molar-refractivity contribution is 7.98. The summed E-state index contributed by atoms with van der Waals surface area (Å²) in [6.45, 7) is 0.408. The zero-order valence-electron chi connectivity index (χ0n) is 18.8. The van der Waals surface area contributed by atoms with E-state index < -0.39 is 0 Å². The number of H-pyrrole nitrogens is 1. The lowest BCUT2D eigenvalue weighted by Crippen LogP contribution is -2.32. The lowest BCUT2D eigenvalue weighted by Gasteiger charge is -2.20. The van der Waals surface area contributed by atoms with Crippen LogP contribution in [0.15, 0.2) is 77.8 Å². The molecule has 4 aromatic rings. The van der Waals surface area contributed by atoms with E-state index in [0.717, 1.165) is 32.6 Å². The van der Waals surface area contributed by atoms with E-state index in [-0.39, 0.29) is 11.9 Å². The fourth-order valence-corrected chi connectivity index (χ4v) is 4.39. The molecule has 0 fully saturated rings. The van der Waals surface area contributed by atoms with Crippen LogP contribution in [0.1, 0.15) is 17.0 Å². The van der Waals surface area contributed by atoms with Gasteiger partial charge in [0.2, 0.25) is 0 Å². The molecule has 1 aromatic heterocycles. The Balaban J connectivity index is 1.61. The van der Waals surface area contributed by atoms with Crippen molar-refractivity contribution >= 4 is 34.4 Å². The topological polar surface area (TPSA) is 75.4 Å². The standard InChI is InChI=1S/C26H27N3O3S/c1-31-24-12-11-17(13-25(24)32-2)21(22-16-27-23-10-5-4-9-20(22)23)15-28-26(30)29-18-7-6-8-19(14-18)33-3/h4-14,16,21,27H,15H2,1-3H3,(H2,28,29,30). The van der Waals surface area contributed by atoms with E-state index in [1.807, 2.05) is 73.1 Å². The maximum Gasteiger partial charge on any atom is 0.319 e. The highest BCUT2D eigenvalue weighted by Gasteiger charge is 2.21. The summed E-state index contributed by atoms with van der Waals surface area (Å²) in [6.07, 6.45) is 4.02. The van der Waals surface area contributed by atoms with Gasteiger partial charge in [0.05, 0.1) is 14.2 Å². The molecule has 0 radical (unpaired) electrons. The first-order valence-corrected chi connectivity index (χ1v) is 11.8. The molecular weight excluding hydrogens is 434 g/mol. The third-order valence-corrected chi connectivity index (χ3v) is 6.33. The number of nitrogens with one attached hydrogen (secondary N) is 3. The van der Waals surface area contributed by atoms with Gasteiger partial charge in [0.1, 0.15) is 0 Å². The summed E-state index contributed by atoms with van der Waals surface area (Å²) >= 11 is 1.63. The van der Waals surface area contributed by atoms with E-state index in [1.54, 1.807) is 26.0 Å². The van der Waals surface area contributed by atoms with Crippen LogP contribution < -0.4 is 20.1 Å². The Morgan fingerprint density at radius 1 is 1.00 bits per heavy atom. The number of methoxy groups -OCH3 is 2. The van der Waals surface area contributed by atoms with Gasteiger partial charge in [-0.15, -0.1) is 11.8 Å². The quantitative estimate of drug-likeness (QED) is 0.287. The van der Waals surface area contributed by atoms with Crippen molar-refractivity contribution in [3.05, 3.63) is 84.1 Å². The molecule has 170 valence electrons. The van der Waals surface area contributed by atoms with Gasteiger partial charge in [-0.2, -0.15) is 0 Å². The molecule has 3 N–H and O–H groups in total. The predicted octanol–water partition coefficient (Wildman–Crippen LogP) is 5.86. The molecular formula is C26H27N3O3S. The van der Waals surface area contributed by atoms with Crippen LogP contribution in [0.4, 0.5) is 10.5 Å². The maximum atomic E-state index is 12.7. The highest BCUT2D eigenvalue weighted by atomic mass is 32.2. The summed E-state index contributed by atoms with van der Waals surface area (Å²) in [7, 11) is 3.24. The number of rotatable bonds is 8. The summed E-state index contributed by atoms with van der Waals surface area (Å²) in [5.74, 6) is 1.22. The Labute approximate surface area is 197 Å². The fourth-order valence-electron chi connectivity index (χ4n) is 3.93. The zero-order valence-corrected chi connectivity index (χ0v) is 19.7. The van der Waals surface area contributed by atoms with Crippen molar-refractivity contribution in [1.29, 1.82) is 0 Å². The number of aromatic amines is 1. The molecule has 1 unspecified atom stereocenters. The van der Waals surface area contributed by atoms with E-state index in [1.165, 1.54) is 0 Å². The largest absolute Gasteiger partial charge is 0.493 e. The zero-order chi connectivity index (χ0) is 23.2. The predicted molar refractivity (Wildman–Crippen MR) is 135 cm³/mol. The number of benzene rings is 3. The number of anilines is 1. The summed E-state index contributed by atoms with van der Waals surface area (Å²) in [6, 6.07) is 21.5. The molecule has 3 aromatic carbocycles. The number of carbonyl (C=O) groups excluding carboxylic acids is 1. The Kier molecular flexibility index (Phi) is 7.10. The van der Waals surface area contributed by atoms with Gasteiger partial charge >= 0.3 is 6.03 Å². The Hall–Kier alpha value is -3.58. The van der Waals surface area contributed by atoms with Crippen molar-refractivity contribution in [2.24, 2.45) is 0 Å². The number of hydrogen-bond acceptors (Lipinski definition) is 4. The molecule has 0 spiro atoms. The molecule has 0 aliphatic heterocycles. The van der Waals surface area contributed by atoms with Gasteiger partial charge in [-0.25, -0.2) is 4.79 Å². The molecule has 0 saturated heterocycles. The molecule has 0 aliphatic carbocycles. The molecule has 7 heteroatoms. The van der Waals surface area contributed by atoms with Crippen molar-refractivity contribution in [3.8, 4) is 11.5 Å². The van der Waals surface area contributed by atoms with Crippen molar-refractivity contribution in [3.63, 3.8) is 0 Å². The van der Waals surface area contributed by atoms with Gasteiger partial charge in [-0.1, -0.05) is 30.3 Å². The molecule has 0 aliphatic rings. The minimum Gasteiger partial charge on any atom is -0.493 e. The number of fused-ring (bicyclic) bond motifs is 1. The SMILES string of the molecule is COc1ccc(C(CNC(=O)Nc2cccc(SC)c2)c2c[nH]c3ccccc23)cc1OC. The average molecular weight is 462 g/mol. The first-order chi connectivity index (χ1) is 16.1. The average Bonchev–Trinajstić information content (AvgIpc) is 3.28. The van der Waals surface area contributed by atoms with Crippen LogP contribution in [0.25, 0.3) is 10.9 Å². The Morgan fingerprint density at radius 2 is 1.82 bits per heavy atom. The van der Waals surface area contributed by atoms with E-state index >= 15 is 0 Å². The normalized spacial score (nSPS) is 11.7. The molecule has 1 atom stereocenters. The minimum absolute atomic E-state index is 0.0933. The number of ether oxygens (including phenoxy) is 2. The van der Waals surface area contributed by atoms with Crippen LogP contribution in [0, 0.1) is 0 Å². The number of amides is 2. The van der Waals surface area contributed by atoms with E-state index in [0.29, 0.717) is 18.0 Å². The Bertz CT molecular complexity index is 1250. The summed E-state index contributed by atoms with van der Waals surface area (Å²) in [5, 5.41) is 7.09. The van der Waals surface area contributed by atoms with Crippen molar-refractivity contribution < 1.29 is 14.3 Å². The van der Waals surface area contributed by atoms with Gasteiger partial charge in [0.25, 0.3) is 0 Å². The third kappa shape index (κ3) is 5.09. The van der Waals surface area contributed by atoms with Crippen molar-refractivity contribution in [2.45, 2.75) is 10.8 Å². The van der Waals surface area contributed by atoms with Gasteiger partial charge < -0.3 is 25.1 Å². The van der Waals surface area contributed by atoms with Crippen LogP contribution in [0.5, 0.6) is 11.5 Å². The second-order valence-electron chi connectivity index (χ2n) is 7.52. The number of para-hydroxylation sites is 1. The molecule has 33 heavy (non-hydrogen) atoms. The monoisotopic (exact) mass is 461 g/mol. The molecule has 1 heterocycles. The van der Waals surface area contributed by atoms with Crippen LogP contribution >= 0.6 is 11.8 Å². The first-order valence-electron chi connectivity index (χ1n) is 10.6. The number of aromatic nitrogens is 1. The van der Waals surface area contributed by atoms with E-state index in [2.05, 4.69) is 21.7 Å². The Morgan fingerprint density at radius 3 is 2.61 bits per heavy atom. The highest BCUT2D eigenvalue weighted by Crippen LogP contribution is 2.35. The molecule has 2 amide bonds. The second kappa shape index (κ2) is 10.4. The van der Waals surface area contributed by atoms with Gasteiger partial charge in [-0.3, -0.25) is 0 Å². The number of carbonyl (C=O) groups is 1. The smallest absolute Gasteiger partial charge is 0.319 e. The van der Waals surface area contributed by atoms with E-state index in [4.69, 9.17) is 9.47 Å². The van der Waals surface area contributed by atoms with Gasteiger partial charge in [-0.05, 0) is 53.8 Å². The minimum atomic E-state index is -0.251. The molecule has 0 saturated carbocycles. The summed E-state index contributed by atoms with van der Waals surface area (Å²) in [4.78, 5) is 17.2. The first kappa shape index (κ1) is 22.6. The number of hydrogen-bond donors (Lipinski definition) is 3. The number of thioether (sulfide) groups is 1. The fraction of sp³-hybridized carbons (Fsp3) is 0.192. The third-order valence-electron chi connectivity index (χ3n) is 5.60. The molecule has 6 nitrogen and oxygen atoms in total. The van der Waals surface area contributed by atoms with Gasteiger partial charge in [0.15, 0.2) is 11.5 Å². The number of urea groups is 1. The summed E-state index contributed by atoms with van der Waals surface area (Å²) in [5.41, 5.74) is 3.93. The van der Waals surface area contributed by atoms with E-state index in [9.17, 15) is 4.79 Å². The van der Waals surface area contributed by atoms with Crippen LogP contribution in [0.2, 0.25) is 0 Å². The van der Waals surface area contributed by atoms with Crippen molar-refractivity contribution in [2.75, 3.05) is 32.3 Å². The van der Waals surface area contributed by atoms with Crippen LogP contribution in [0.3, 0.4) is 0 Å². The lowest BCUT2D eigenvalue weighted by atomic mass is 9.90. The second-order valence-corrected chi connectivity index (χ2v) is 8.40. The maximum absolute atomic E-state index is 12.7. The van der Waals surface area contributed by atoms with Crippen LogP contribution in [-0.4, -0.2) is 38.0 Å². The van der Waals surface area contributed by atoms with Crippen LogP contribution in [-0.2, 0) is 0 Å². The molecule has 0 bridgehead atoms.